The molecule has 1 aliphatic carbocycles. The lowest BCUT2D eigenvalue weighted by molar-refractivity contribution is -0.131. The van der Waals surface area contributed by atoms with Crippen molar-refractivity contribution in [2.75, 3.05) is 13.1 Å². The second-order valence-electron chi connectivity index (χ2n) is 5.66. The van der Waals surface area contributed by atoms with Crippen LogP contribution in [0.1, 0.15) is 38.5 Å². The van der Waals surface area contributed by atoms with E-state index in [-0.39, 0.29) is 0 Å². The number of imide groups is 1. The van der Waals surface area contributed by atoms with Crippen LogP contribution in [0.25, 0.3) is 0 Å². The number of carboxylic acid groups (broad SMARTS) is 1. The van der Waals surface area contributed by atoms with Crippen LogP contribution >= 0.6 is 0 Å². The first-order chi connectivity index (χ1) is 9.51. The van der Waals surface area contributed by atoms with Gasteiger partial charge in [0.15, 0.2) is 0 Å². The minimum Gasteiger partial charge on any atom is -0.478 e. The zero-order valence-corrected chi connectivity index (χ0v) is 11.4. The van der Waals surface area contributed by atoms with E-state index in [0.717, 1.165) is 18.9 Å². The number of piperidine rings is 1. The van der Waals surface area contributed by atoms with Crippen LogP contribution in [0.15, 0.2) is 12.2 Å². The van der Waals surface area contributed by atoms with Gasteiger partial charge in [-0.1, -0.05) is 12.8 Å². The Morgan fingerprint density at radius 2 is 1.60 bits per heavy atom. The third-order valence-corrected chi connectivity index (χ3v) is 4.38. The molecule has 0 aromatic rings. The van der Waals surface area contributed by atoms with E-state index in [4.69, 9.17) is 5.11 Å². The van der Waals surface area contributed by atoms with Crippen LogP contribution in [0.2, 0.25) is 0 Å². The van der Waals surface area contributed by atoms with E-state index in [0.29, 0.717) is 24.6 Å². The Kier molecular flexibility index (Phi) is 4.42. The van der Waals surface area contributed by atoms with Crippen LogP contribution in [0.4, 0.5) is 4.79 Å². The molecule has 1 saturated heterocycles. The van der Waals surface area contributed by atoms with E-state index in [1.54, 1.807) is 4.90 Å². The molecule has 1 aliphatic heterocycles. The molecule has 2 fully saturated rings. The van der Waals surface area contributed by atoms with Crippen LogP contribution in [-0.2, 0) is 9.59 Å². The maximum atomic E-state index is 11.9. The van der Waals surface area contributed by atoms with Crippen LogP contribution in [0, 0.1) is 5.41 Å². The molecule has 0 aromatic heterocycles. The first-order valence-corrected chi connectivity index (χ1v) is 7.02. The molecule has 0 unspecified atom stereocenters. The van der Waals surface area contributed by atoms with E-state index in [1.165, 1.54) is 25.7 Å². The van der Waals surface area contributed by atoms with Gasteiger partial charge in [-0.2, -0.15) is 0 Å². The number of carbonyl (C=O) groups is 3. The largest absolute Gasteiger partial charge is 0.478 e. The van der Waals surface area contributed by atoms with Gasteiger partial charge in [0.05, 0.1) is 0 Å². The third-order valence-electron chi connectivity index (χ3n) is 4.38. The van der Waals surface area contributed by atoms with Gasteiger partial charge in [-0.05, 0) is 31.1 Å². The number of amides is 3. The smallest absolute Gasteiger partial charge is 0.328 e. The SMILES string of the molecule is O=C(O)C=CC(=O)NC(=O)N1CCC2(CCCC2)CC1. The number of carbonyl (C=O) groups excluding carboxylic acids is 2. The molecule has 0 aromatic carbocycles. The van der Waals surface area contributed by atoms with Crippen molar-refractivity contribution in [1.82, 2.24) is 10.2 Å². The summed E-state index contributed by atoms with van der Waals surface area (Å²) in [5, 5.41) is 10.6. The highest BCUT2D eigenvalue weighted by Gasteiger charge is 2.38. The number of rotatable bonds is 2. The standard InChI is InChI=1S/C14H20N2O4/c17-11(3-4-12(18)19)15-13(20)16-9-7-14(8-10-16)5-1-2-6-14/h3-4H,1-2,5-10H2,(H,18,19)(H,15,17,20). The summed E-state index contributed by atoms with van der Waals surface area (Å²) in [6.07, 6.45) is 8.63. The fourth-order valence-corrected chi connectivity index (χ4v) is 3.18. The minimum absolute atomic E-state index is 0.421. The molecule has 3 amide bonds. The van der Waals surface area contributed by atoms with Gasteiger partial charge >= 0.3 is 12.0 Å². The first-order valence-electron chi connectivity index (χ1n) is 7.02. The normalized spacial score (nSPS) is 21.3. The number of carboxylic acids is 1. The highest BCUT2D eigenvalue weighted by atomic mass is 16.4. The molecule has 2 aliphatic rings. The molecule has 6 nitrogen and oxygen atoms in total. The average Bonchev–Trinajstić information content (AvgIpc) is 2.85. The van der Waals surface area contributed by atoms with E-state index in [2.05, 4.69) is 5.32 Å². The van der Waals surface area contributed by atoms with E-state index < -0.39 is 17.9 Å². The summed E-state index contributed by atoms with van der Waals surface area (Å²) in [4.78, 5) is 35.1. The predicted octanol–water partition coefficient (Wildman–Crippen LogP) is 1.52. The predicted molar refractivity (Wildman–Crippen MR) is 72.0 cm³/mol. The molecule has 0 bridgehead atoms. The van der Waals surface area contributed by atoms with Gasteiger partial charge in [0.1, 0.15) is 0 Å². The molecule has 6 heteroatoms. The van der Waals surface area contributed by atoms with Crippen molar-refractivity contribution in [3.63, 3.8) is 0 Å². The monoisotopic (exact) mass is 280 g/mol. The van der Waals surface area contributed by atoms with Crippen molar-refractivity contribution < 1.29 is 19.5 Å². The lowest BCUT2D eigenvalue weighted by atomic mass is 9.77. The molecule has 110 valence electrons. The quantitative estimate of drug-likeness (QED) is 0.751. The number of nitrogens with zero attached hydrogens (tertiary/aromatic N) is 1. The summed E-state index contributed by atoms with van der Waals surface area (Å²) in [6.45, 7) is 1.34. The van der Waals surface area contributed by atoms with Crippen molar-refractivity contribution in [3.8, 4) is 0 Å². The Labute approximate surface area is 117 Å². The van der Waals surface area contributed by atoms with E-state index in [1.807, 2.05) is 0 Å². The number of hydrogen-bond acceptors (Lipinski definition) is 3. The second-order valence-corrected chi connectivity index (χ2v) is 5.66. The topological polar surface area (TPSA) is 86.7 Å². The fourth-order valence-electron chi connectivity index (χ4n) is 3.18. The van der Waals surface area contributed by atoms with Crippen molar-refractivity contribution in [2.24, 2.45) is 5.41 Å². The Hall–Kier alpha value is -1.85. The lowest BCUT2D eigenvalue weighted by Crippen LogP contribution is -2.48. The molecular weight excluding hydrogens is 260 g/mol. The fraction of sp³-hybridized carbons (Fsp3) is 0.643. The summed E-state index contributed by atoms with van der Waals surface area (Å²) in [7, 11) is 0. The van der Waals surface area contributed by atoms with Crippen LogP contribution in [0.3, 0.4) is 0 Å². The van der Waals surface area contributed by atoms with Crippen LogP contribution < -0.4 is 5.32 Å². The molecule has 1 spiro atoms. The zero-order chi connectivity index (χ0) is 14.6. The summed E-state index contributed by atoms with van der Waals surface area (Å²) < 4.78 is 0. The zero-order valence-electron chi connectivity index (χ0n) is 11.4. The molecule has 2 rings (SSSR count). The minimum atomic E-state index is -1.21. The van der Waals surface area contributed by atoms with Crippen molar-refractivity contribution >= 4 is 17.9 Å². The Balaban J connectivity index is 1.80. The van der Waals surface area contributed by atoms with Gasteiger partial charge in [0.25, 0.3) is 5.91 Å². The summed E-state index contributed by atoms with van der Waals surface area (Å²) in [6, 6.07) is -0.433. The molecule has 20 heavy (non-hydrogen) atoms. The highest BCUT2D eigenvalue weighted by Crippen LogP contribution is 2.45. The maximum absolute atomic E-state index is 11.9. The van der Waals surface area contributed by atoms with Gasteiger partial charge in [-0.3, -0.25) is 10.1 Å². The third kappa shape index (κ3) is 3.59. The van der Waals surface area contributed by atoms with Crippen LogP contribution in [0.5, 0.6) is 0 Å². The number of aliphatic carboxylic acids is 1. The average molecular weight is 280 g/mol. The van der Waals surface area contributed by atoms with E-state index >= 15 is 0 Å². The molecule has 0 atom stereocenters. The van der Waals surface area contributed by atoms with Crippen LogP contribution in [-0.4, -0.2) is 41.0 Å². The Bertz CT molecular complexity index is 428. The lowest BCUT2D eigenvalue weighted by Gasteiger charge is -2.39. The summed E-state index contributed by atoms with van der Waals surface area (Å²) in [5.41, 5.74) is 0.421. The highest BCUT2D eigenvalue weighted by molar-refractivity contribution is 6.02. The number of nitrogens with one attached hydrogen (secondary N) is 1. The van der Waals surface area contributed by atoms with Gasteiger partial charge in [-0.25, -0.2) is 9.59 Å². The molecule has 1 heterocycles. The van der Waals surface area contributed by atoms with Gasteiger partial charge in [0, 0.05) is 25.2 Å². The molecule has 2 N–H and O–H groups in total. The number of hydrogen-bond donors (Lipinski definition) is 2. The van der Waals surface area contributed by atoms with Crippen molar-refractivity contribution in [2.45, 2.75) is 38.5 Å². The van der Waals surface area contributed by atoms with Crippen molar-refractivity contribution in [3.05, 3.63) is 12.2 Å². The van der Waals surface area contributed by atoms with Crippen molar-refractivity contribution in [1.29, 1.82) is 0 Å². The van der Waals surface area contributed by atoms with Gasteiger partial charge in [0.2, 0.25) is 0 Å². The summed E-state index contributed by atoms with van der Waals surface area (Å²) in [5.74, 6) is -1.91. The number of urea groups is 1. The second kappa shape index (κ2) is 6.07. The number of likely N-dealkylation sites (tertiary alicyclic amines) is 1. The molecule has 1 saturated carbocycles. The molecule has 0 radical (unpaired) electrons. The first kappa shape index (κ1) is 14.6. The van der Waals surface area contributed by atoms with E-state index in [9.17, 15) is 14.4 Å². The Morgan fingerprint density at radius 3 is 2.15 bits per heavy atom. The summed E-state index contributed by atoms with van der Waals surface area (Å²) >= 11 is 0. The molecular formula is C14H20N2O4. The van der Waals surface area contributed by atoms with Gasteiger partial charge < -0.3 is 10.0 Å². The maximum Gasteiger partial charge on any atom is 0.328 e. The van der Waals surface area contributed by atoms with Gasteiger partial charge in [-0.15, -0.1) is 0 Å². The Morgan fingerprint density at radius 1 is 1.00 bits per heavy atom.